The third-order valence-electron chi connectivity index (χ3n) is 2.90. The molecule has 0 aromatic heterocycles. The van der Waals surface area contributed by atoms with E-state index in [4.69, 9.17) is 5.11 Å². The summed E-state index contributed by atoms with van der Waals surface area (Å²) < 4.78 is 0. The van der Waals surface area contributed by atoms with Crippen molar-refractivity contribution in [1.29, 1.82) is 0 Å². The minimum absolute atomic E-state index is 0.0307. The van der Waals surface area contributed by atoms with Crippen LogP contribution in [0.4, 0.5) is 0 Å². The van der Waals surface area contributed by atoms with Crippen LogP contribution in [-0.4, -0.2) is 48.1 Å². The molecule has 2 unspecified atom stereocenters. The number of carbonyl (C=O) groups is 2. The molecule has 1 saturated heterocycles. The molecule has 0 saturated carbocycles. The predicted molar refractivity (Wildman–Crippen MR) is 59.7 cm³/mol. The summed E-state index contributed by atoms with van der Waals surface area (Å²) >= 11 is 0. The van der Waals surface area contributed by atoms with Crippen molar-refractivity contribution in [2.75, 3.05) is 20.2 Å². The van der Waals surface area contributed by atoms with E-state index in [-0.39, 0.29) is 30.4 Å². The van der Waals surface area contributed by atoms with Gasteiger partial charge in [0.1, 0.15) is 0 Å². The standard InChI is InChI=1S/C11H20N2O3/c1-8(4-3-5-14)12-11(16)9-6-10(15)13(2)7-9/h8-9,14H,3-7H2,1-2H3,(H,12,16). The first kappa shape index (κ1) is 13.0. The fourth-order valence-electron chi connectivity index (χ4n) is 1.87. The second kappa shape index (κ2) is 5.84. The van der Waals surface area contributed by atoms with E-state index in [9.17, 15) is 9.59 Å². The van der Waals surface area contributed by atoms with Gasteiger partial charge in [-0.05, 0) is 19.8 Å². The van der Waals surface area contributed by atoms with Crippen LogP contribution in [0.2, 0.25) is 0 Å². The summed E-state index contributed by atoms with van der Waals surface area (Å²) in [4.78, 5) is 24.6. The van der Waals surface area contributed by atoms with Crippen LogP contribution in [0.5, 0.6) is 0 Å². The number of amides is 2. The Kier molecular flexibility index (Phi) is 4.73. The lowest BCUT2D eigenvalue weighted by Crippen LogP contribution is -2.38. The van der Waals surface area contributed by atoms with Gasteiger partial charge in [0, 0.05) is 32.7 Å². The molecule has 2 atom stereocenters. The quantitative estimate of drug-likeness (QED) is 0.681. The molecule has 0 radical (unpaired) electrons. The predicted octanol–water partition coefficient (Wildman–Crippen LogP) is -0.258. The molecule has 1 aliphatic rings. The van der Waals surface area contributed by atoms with Gasteiger partial charge in [0.2, 0.25) is 11.8 Å². The van der Waals surface area contributed by atoms with E-state index in [1.54, 1.807) is 11.9 Å². The van der Waals surface area contributed by atoms with E-state index < -0.39 is 0 Å². The number of carbonyl (C=O) groups excluding carboxylic acids is 2. The Balaban J connectivity index is 2.33. The monoisotopic (exact) mass is 228 g/mol. The molecule has 5 nitrogen and oxygen atoms in total. The van der Waals surface area contributed by atoms with Gasteiger partial charge in [-0.1, -0.05) is 0 Å². The molecule has 1 aliphatic heterocycles. The molecular formula is C11H20N2O3. The number of nitrogens with zero attached hydrogens (tertiary/aromatic N) is 1. The Labute approximate surface area is 95.8 Å². The van der Waals surface area contributed by atoms with E-state index in [0.29, 0.717) is 19.4 Å². The number of aliphatic hydroxyl groups is 1. The zero-order valence-corrected chi connectivity index (χ0v) is 9.90. The molecule has 5 heteroatoms. The van der Waals surface area contributed by atoms with Gasteiger partial charge in [-0.3, -0.25) is 9.59 Å². The van der Waals surface area contributed by atoms with Gasteiger partial charge in [0.15, 0.2) is 0 Å². The molecule has 92 valence electrons. The van der Waals surface area contributed by atoms with E-state index in [1.807, 2.05) is 6.92 Å². The van der Waals surface area contributed by atoms with Crippen molar-refractivity contribution in [3.05, 3.63) is 0 Å². The van der Waals surface area contributed by atoms with Crippen molar-refractivity contribution >= 4 is 11.8 Å². The first-order valence-electron chi connectivity index (χ1n) is 5.69. The summed E-state index contributed by atoms with van der Waals surface area (Å²) in [6.07, 6.45) is 1.76. The van der Waals surface area contributed by atoms with Crippen molar-refractivity contribution in [2.24, 2.45) is 5.92 Å². The number of rotatable bonds is 5. The molecule has 0 bridgehead atoms. The highest BCUT2D eigenvalue weighted by Gasteiger charge is 2.32. The van der Waals surface area contributed by atoms with Gasteiger partial charge in [0.25, 0.3) is 0 Å². The third-order valence-corrected chi connectivity index (χ3v) is 2.90. The van der Waals surface area contributed by atoms with Crippen LogP contribution in [-0.2, 0) is 9.59 Å². The lowest BCUT2D eigenvalue weighted by molar-refractivity contribution is -0.128. The number of hydrogen-bond acceptors (Lipinski definition) is 3. The normalized spacial score (nSPS) is 22.3. The van der Waals surface area contributed by atoms with E-state index in [2.05, 4.69) is 5.32 Å². The minimum Gasteiger partial charge on any atom is -0.396 e. The van der Waals surface area contributed by atoms with Crippen molar-refractivity contribution in [2.45, 2.75) is 32.2 Å². The number of hydrogen-bond donors (Lipinski definition) is 2. The Morgan fingerprint density at radius 2 is 2.38 bits per heavy atom. The van der Waals surface area contributed by atoms with Crippen LogP contribution in [0.1, 0.15) is 26.2 Å². The van der Waals surface area contributed by atoms with Crippen molar-refractivity contribution < 1.29 is 14.7 Å². The van der Waals surface area contributed by atoms with Gasteiger partial charge in [-0.15, -0.1) is 0 Å². The van der Waals surface area contributed by atoms with Gasteiger partial charge < -0.3 is 15.3 Å². The van der Waals surface area contributed by atoms with Crippen LogP contribution in [0.25, 0.3) is 0 Å². The molecule has 2 amide bonds. The molecule has 0 spiro atoms. The van der Waals surface area contributed by atoms with Gasteiger partial charge in [-0.2, -0.15) is 0 Å². The molecule has 16 heavy (non-hydrogen) atoms. The summed E-state index contributed by atoms with van der Waals surface area (Å²) in [6.45, 7) is 2.57. The smallest absolute Gasteiger partial charge is 0.225 e. The van der Waals surface area contributed by atoms with Crippen LogP contribution >= 0.6 is 0 Å². The maximum absolute atomic E-state index is 11.8. The van der Waals surface area contributed by atoms with Crippen LogP contribution in [0.15, 0.2) is 0 Å². The SMILES string of the molecule is CC(CCCO)NC(=O)C1CC(=O)N(C)C1. The fraction of sp³-hybridized carbons (Fsp3) is 0.818. The molecule has 1 rings (SSSR count). The van der Waals surface area contributed by atoms with Crippen molar-refractivity contribution in [1.82, 2.24) is 10.2 Å². The van der Waals surface area contributed by atoms with E-state index in [0.717, 1.165) is 6.42 Å². The molecule has 2 N–H and O–H groups in total. The molecule has 0 aliphatic carbocycles. The average molecular weight is 228 g/mol. The molecule has 0 aromatic carbocycles. The van der Waals surface area contributed by atoms with Gasteiger partial charge in [-0.25, -0.2) is 0 Å². The lowest BCUT2D eigenvalue weighted by atomic mass is 10.1. The van der Waals surface area contributed by atoms with Crippen LogP contribution in [0, 0.1) is 5.92 Å². The fourth-order valence-corrected chi connectivity index (χ4v) is 1.87. The Hall–Kier alpha value is -1.10. The largest absolute Gasteiger partial charge is 0.396 e. The summed E-state index contributed by atoms with van der Waals surface area (Å²) in [5.74, 6) is -0.236. The summed E-state index contributed by atoms with van der Waals surface area (Å²) in [7, 11) is 1.71. The minimum atomic E-state index is -0.214. The Morgan fingerprint density at radius 1 is 1.69 bits per heavy atom. The van der Waals surface area contributed by atoms with Gasteiger partial charge in [0.05, 0.1) is 5.92 Å². The number of aliphatic hydroxyl groups excluding tert-OH is 1. The summed E-state index contributed by atoms with van der Waals surface area (Å²) in [6, 6.07) is 0.0562. The van der Waals surface area contributed by atoms with Gasteiger partial charge >= 0.3 is 0 Å². The molecule has 1 heterocycles. The maximum atomic E-state index is 11.8. The van der Waals surface area contributed by atoms with Crippen LogP contribution < -0.4 is 5.32 Å². The molecule has 1 fully saturated rings. The summed E-state index contributed by atoms with van der Waals surface area (Å²) in [5.41, 5.74) is 0. The zero-order chi connectivity index (χ0) is 12.1. The summed E-state index contributed by atoms with van der Waals surface area (Å²) in [5, 5.41) is 11.5. The Morgan fingerprint density at radius 3 is 2.88 bits per heavy atom. The highest BCUT2D eigenvalue weighted by Crippen LogP contribution is 2.16. The highest BCUT2D eigenvalue weighted by molar-refractivity contribution is 5.89. The van der Waals surface area contributed by atoms with Crippen molar-refractivity contribution in [3.63, 3.8) is 0 Å². The Bertz CT molecular complexity index is 268. The second-order valence-corrected chi connectivity index (χ2v) is 4.45. The highest BCUT2D eigenvalue weighted by atomic mass is 16.3. The van der Waals surface area contributed by atoms with Crippen LogP contribution in [0.3, 0.4) is 0 Å². The number of nitrogens with one attached hydrogen (secondary N) is 1. The first-order valence-corrected chi connectivity index (χ1v) is 5.69. The number of likely N-dealkylation sites (tertiary alicyclic amines) is 1. The molecule has 0 aromatic rings. The topological polar surface area (TPSA) is 69.6 Å². The van der Waals surface area contributed by atoms with Crippen molar-refractivity contribution in [3.8, 4) is 0 Å². The first-order chi connectivity index (χ1) is 7.54. The lowest BCUT2D eigenvalue weighted by Gasteiger charge is -2.16. The van der Waals surface area contributed by atoms with E-state index >= 15 is 0 Å². The second-order valence-electron chi connectivity index (χ2n) is 4.45. The zero-order valence-electron chi connectivity index (χ0n) is 9.90. The molecular weight excluding hydrogens is 208 g/mol. The third kappa shape index (κ3) is 3.48. The maximum Gasteiger partial charge on any atom is 0.225 e. The van der Waals surface area contributed by atoms with E-state index in [1.165, 1.54) is 0 Å². The average Bonchev–Trinajstić information content (AvgIpc) is 2.56.